The minimum atomic E-state index is -3.96. The fourth-order valence-electron chi connectivity index (χ4n) is 4.47. The van der Waals surface area contributed by atoms with Gasteiger partial charge in [-0.2, -0.15) is 4.31 Å². The molecule has 1 aliphatic rings. The molecule has 218 valence electrons. The van der Waals surface area contributed by atoms with Crippen molar-refractivity contribution in [2.24, 2.45) is 5.92 Å². The topological polar surface area (TPSA) is 128 Å². The number of para-hydroxylation sites is 1. The van der Waals surface area contributed by atoms with Gasteiger partial charge in [0.1, 0.15) is 17.7 Å². The highest BCUT2D eigenvalue weighted by molar-refractivity contribution is 7.89. The smallest absolute Gasteiger partial charge is 0.323 e. The number of benzene rings is 3. The van der Waals surface area contributed by atoms with Crippen molar-refractivity contribution >= 4 is 33.3 Å². The normalized spacial score (nSPS) is 18.1. The third-order valence-corrected chi connectivity index (χ3v) is 8.75. The Morgan fingerprint density at radius 2 is 1.76 bits per heavy atom. The largest absolute Gasteiger partial charge is 0.488 e. The summed E-state index contributed by atoms with van der Waals surface area (Å²) in [7, 11) is -2.55. The van der Waals surface area contributed by atoms with Crippen LogP contribution < -0.4 is 15.4 Å². The van der Waals surface area contributed by atoms with Crippen molar-refractivity contribution in [3.05, 3.63) is 84.2 Å². The summed E-state index contributed by atoms with van der Waals surface area (Å²) in [5.41, 5.74) is 1.09. The van der Waals surface area contributed by atoms with E-state index < -0.39 is 39.9 Å². The van der Waals surface area contributed by atoms with Gasteiger partial charge in [-0.3, -0.25) is 4.79 Å². The number of carbonyl (C=O) groups is 2. The molecule has 12 heteroatoms. The van der Waals surface area contributed by atoms with Gasteiger partial charge in [-0.1, -0.05) is 25.1 Å². The Morgan fingerprint density at radius 3 is 2.41 bits per heavy atom. The number of carbonyl (C=O) groups excluding carboxylic acids is 2. The lowest BCUT2D eigenvalue weighted by molar-refractivity contribution is 0.0387. The number of rotatable bonds is 8. The van der Waals surface area contributed by atoms with Crippen molar-refractivity contribution in [1.82, 2.24) is 9.21 Å². The van der Waals surface area contributed by atoms with E-state index in [1.165, 1.54) is 30.1 Å². The molecule has 3 N–H and O–H groups in total. The summed E-state index contributed by atoms with van der Waals surface area (Å²) >= 11 is 0. The predicted octanol–water partition coefficient (Wildman–Crippen LogP) is 4.01. The summed E-state index contributed by atoms with van der Waals surface area (Å²) < 4.78 is 47.1. The quantitative estimate of drug-likeness (QED) is 0.367. The van der Waals surface area contributed by atoms with Crippen molar-refractivity contribution < 1.29 is 32.2 Å². The summed E-state index contributed by atoms with van der Waals surface area (Å²) in [5, 5.41) is 15.3. The standard InChI is InChI=1S/C29H33FN4O6S/c1-19-16-34(20(2)18-35)28(36)25-15-23(32-29(37)31-22-7-5-4-6-8-22)11-14-26(25)40-27(19)17-33(3)41(38,39)24-12-9-21(30)10-13-24/h4-15,19-20,27,35H,16-18H2,1-3H3,(H2,31,32,37). The summed E-state index contributed by atoms with van der Waals surface area (Å²) in [5.74, 6) is -1.06. The molecular weight excluding hydrogens is 551 g/mol. The number of hydrogen-bond acceptors (Lipinski definition) is 6. The van der Waals surface area contributed by atoms with Gasteiger partial charge in [0, 0.05) is 30.9 Å². The molecule has 0 aliphatic carbocycles. The maximum atomic E-state index is 13.6. The van der Waals surface area contributed by atoms with Crippen LogP contribution in [0.2, 0.25) is 0 Å². The van der Waals surface area contributed by atoms with E-state index in [4.69, 9.17) is 4.74 Å². The van der Waals surface area contributed by atoms with Crippen LogP contribution in [0.25, 0.3) is 0 Å². The fourth-order valence-corrected chi connectivity index (χ4v) is 5.65. The third kappa shape index (κ3) is 7.02. The van der Waals surface area contributed by atoms with E-state index in [1.54, 1.807) is 43.3 Å². The van der Waals surface area contributed by atoms with Gasteiger partial charge in [0.2, 0.25) is 10.0 Å². The highest BCUT2D eigenvalue weighted by Crippen LogP contribution is 2.31. The monoisotopic (exact) mass is 584 g/mol. The van der Waals surface area contributed by atoms with Crippen LogP contribution in [0.15, 0.2) is 77.7 Å². The molecule has 0 saturated heterocycles. The Bertz CT molecular complexity index is 1490. The van der Waals surface area contributed by atoms with Crippen LogP contribution in [0.4, 0.5) is 20.6 Å². The predicted molar refractivity (Wildman–Crippen MR) is 153 cm³/mol. The van der Waals surface area contributed by atoms with Gasteiger partial charge in [-0.15, -0.1) is 0 Å². The first-order chi connectivity index (χ1) is 19.5. The molecule has 0 saturated carbocycles. The lowest BCUT2D eigenvalue weighted by atomic mass is 9.99. The average molecular weight is 585 g/mol. The number of nitrogens with one attached hydrogen (secondary N) is 2. The highest BCUT2D eigenvalue weighted by Gasteiger charge is 2.35. The number of amides is 3. The van der Waals surface area contributed by atoms with Crippen LogP contribution in [-0.2, 0) is 10.0 Å². The Kier molecular flexibility index (Phi) is 9.26. The lowest BCUT2D eigenvalue weighted by Gasteiger charge is -2.38. The molecule has 3 unspecified atom stereocenters. The number of hydrogen-bond donors (Lipinski definition) is 3. The van der Waals surface area contributed by atoms with Crippen molar-refractivity contribution in [2.45, 2.75) is 30.9 Å². The second-order valence-corrected chi connectivity index (χ2v) is 12.1. The molecule has 1 heterocycles. The first-order valence-corrected chi connectivity index (χ1v) is 14.5. The number of sulfonamides is 1. The molecule has 1 aliphatic heterocycles. The van der Waals surface area contributed by atoms with Crippen molar-refractivity contribution in [3.63, 3.8) is 0 Å². The summed E-state index contributed by atoms with van der Waals surface area (Å²) in [6.45, 7) is 3.39. The van der Waals surface area contributed by atoms with Gasteiger partial charge in [0.05, 0.1) is 29.7 Å². The molecule has 41 heavy (non-hydrogen) atoms. The molecule has 3 aromatic rings. The molecule has 0 bridgehead atoms. The molecule has 3 amide bonds. The van der Waals surface area contributed by atoms with Crippen molar-refractivity contribution in [1.29, 1.82) is 0 Å². The Hall–Kier alpha value is -4.00. The SMILES string of the molecule is CC1CN(C(C)CO)C(=O)c2cc(NC(=O)Nc3ccccc3)ccc2OC1CN(C)S(=O)(=O)c1ccc(F)cc1. The molecule has 3 atom stereocenters. The number of nitrogens with zero attached hydrogens (tertiary/aromatic N) is 2. The van der Waals surface area contributed by atoms with Crippen molar-refractivity contribution in [3.8, 4) is 5.75 Å². The highest BCUT2D eigenvalue weighted by atomic mass is 32.2. The minimum Gasteiger partial charge on any atom is -0.488 e. The number of aliphatic hydroxyl groups excluding tert-OH is 1. The molecule has 0 aromatic heterocycles. The van der Waals surface area contributed by atoms with Crippen molar-refractivity contribution in [2.75, 3.05) is 37.4 Å². The number of ether oxygens (including phenoxy) is 1. The van der Waals surface area contributed by atoms with Gasteiger partial charge in [0.15, 0.2) is 0 Å². The molecular formula is C29H33FN4O6S. The molecule has 0 fully saturated rings. The fraction of sp³-hybridized carbons (Fsp3) is 0.310. The van der Waals surface area contributed by atoms with Gasteiger partial charge in [0.25, 0.3) is 5.91 Å². The third-order valence-electron chi connectivity index (χ3n) is 6.91. The first-order valence-electron chi connectivity index (χ1n) is 13.1. The van der Waals surface area contributed by atoms with E-state index >= 15 is 0 Å². The number of halogens is 1. The number of urea groups is 1. The number of fused-ring (bicyclic) bond motifs is 1. The number of anilines is 2. The molecule has 10 nitrogen and oxygen atoms in total. The van der Waals surface area contributed by atoms with Gasteiger partial charge in [-0.25, -0.2) is 17.6 Å². The van der Waals surface area contributed by atoms with Crippen LogP contribution in [0, 0.1) is 11.7 Å². The Balaban J connectivity index is 1.61. The molecule has 0 spiro atoms. The zero-order valence-corrected chi connectivity index (χ0v) is 23.8. The number of likely N-dealkylation sites (N-methyl/N-ethyl adjacent to an activating group) is 1. The van der Waals surface area contributed by atoms with E-state index in [-0.39, 0.29) is 41.8 Å². The second kappa shape index (κ2) is 12.7. The molecule has 3 aromatic carbocycles. The second-order valence-electron chi connectivity index (χ2n) is 10.0. The summed E-state index contributed by atoms with van der Waals surface area (Å²) in [6.07, 6.45) is -0.685. The van der Waals surface area contributed by atoms with Crippen LogP contribution >= 0.6 is 0 Å². The Morgan fingerprint density at radius 1 is 1.10 bits per heavy atom. The van der Waals surface area contributed by atoms with Crippen LogP contribution in [0.5, 0.6) is 5.75 Å². The first kappa shape index (κ1) is 30.0. The molecule has 0 radical (unpaired) electrons. The van der Waals surface area contributed by atoms with Crippen LogP contribution in [-0.4, -0.2) is 73.6 Å². The van der Waals surface area contributed by atoms with E-state index in [0.717, 1.165) is 16.4 Å². The van der Waals surface area contributed by atoms with Gasteiger partial charge >= 0.3 is 6.03 Å². The average Bonchev–Trinajstić information content (AvgIpc) is 2.95. The molecule has 4 rings (SSSR count). The Labute approximate surface area is 238 Å². The summed E-state index contributed by atoms with van der Waals surface area (Å²) in [6, 6.07) is 17.0. The zero-order chi connectivity index (χ0) is 29.7. The van der Waals surface area contributed by atoms with E-state index in [2.05, 4.69) is 10.6 Å². The maximum absolute atomic E-state index is 13.6. The maximum Gasteiger partial charge on any atom is 0.323 e. The van der Waals surface area contributed by atoms with Crippen LogP contribution in [0.3, 0.4) is 0 Å². The van der Waals surface area contributed by atoms with Crippen LogP contribution in [0.1, 0.15) is 24.2 Å². The number of aliphatic hydroxyl groups is 1. The summed E-state index contributed by atoms with van der Waals surface area (Å²) in [4.78, 5) is 27.6. The minimum absolute atomic E-state index is 0.0597. The van der Waals surface area contributed by atoms with E-state index in [0.29, 0.717) is 11.4 Å². The van der Waals surface area contributed by atoms with E-state index in [1.807, 2.05) is 13.0 Å². The lowest BCUT2D eigenvalue weighted by Crippen LogP contribution is -2.50. The van der Waals surface area contributed by atoms with E-state index in [9.17, 15) is 27.5 Å². The van der Waals surface area contributed by atoms with Gasteiger partial charge < -0.3 is 25.4 Å². The van der Waals surface area contributed by atoms with Gasteiger partial charge in [-0.05, 0) is 61.5 Å². The zero-order valence-electron chi connectivity index (χ0n) is 23.0.